The van der Waals surface area contributed by atoms with E-state index in [0.29, 0.717) is 0 Å². The Bertz CT molecular complexity index is 8390. The van der Waals surface area contributed by atoms with Gasteiger partial charge in [0.25, 0.3) is 0 Å². The van der Waals surface area contributed by atoms with E-state index in [1.807, 2.05) is 69.2 Å². The lowest BCUT2D eigenvalue weighted by Gasteiger charge is -2.13. The Morgan fingerprint density at radius 1 is 0.131 bits per heavy atom. The number of aromatic nitrogens is 4. The minimum atomic E-state index is 1.00. The van der Waals surface area contributed by atoms with Gasteiger partial charge in [-0.15, -0.1) is 0 Å². The molecule has 4 heterocycles. The molecule has 0 aliphatic heterocycles. The van der Waals surface area contributed by atoms with E-state index < -0.39 is 0 Å². The van der Waals surface area contributed by atoms with Gasteiger partial charge in [-0.05, 0) is 255 Å². The summed E-state index contributed by atoms with van der Waals surface area (Å²) in [5.41, 5.74) is 51.0. The van der Waals surface area contributed by atoms with Crippen LogP contribution >= 0.6 is 0 Å². The number of hydrogen-bond acceptors (Lipinski definition) is 0. The molecule has 0 amide bonds. The molecule has 0 spiro atoms. The van der Waals surface area contributed by atoms with Crippen LogP contribution in [0.2, 0.25) is 0 Å². The quantitative estimate of drug-likeness (QED) is 0.152. The van der Waals surface area contributed by atoms with E-state index in [1.165, 1.54) is 255 Å². The maximum absolute atomic E-state index is 2.44. The highest BCUT2D eigenvalue weighted by molar-refractivity contribution is 6.13. The SMILES string of the molecule is CC.CC.CC.CC.CC.c1ccc(-c2ccc(-c3cccc(-c4cccc5c4Cc4ccccc4-5)c3)cc2)cc1.c1ccc2c(c1)Cc1c-2cccc1-n1c2ccccc2c2ccccc21.c1ccc2c(c1)Cc1c-2cccc1-n1c2ccccc2c2ccccc21.c1ccc2c(c1)Cc1ccc(-n3c4ccccc4c4ccccc43)cc1-2.c1ccc2c(c1)Cc1ccc(-n3c4ccccc4c4ccccc43)cc1-2. The van der Waals surface area contributed by atoms with Crippen molar-refractivity contribution in [1.82, 2.24) is 18.3 Å². The van der Waals surface area contributed by atoms with Crippen molar-refractivity contribution in [1.29, 1.82) is 0 Å². The van der Waals surface area contributed by atoms with Gasteiger partial charge in [-0.2, -0.15) is 0 Å². The van der Waals surface area contributed by atoms with Gasteiger partial charge in [0.1, 0.15) is 0 Å². The molecule has 0 bridgehead atoms. The summed E-state index contributed by atoms with van der Waals surface area (Å²) in [6, 6.07) is 176. The van der Waals surface area contributed by atoms with Gasteiger partial charge in [0.2, 0.25) is 0 Å². The number of rotatable bonds is 7. The number of benzene rings is 21. The van der Waals surface area contributed by atoms with Crippen LogP contribution in [0.3, 0.4) is 0 Å². The summed E-state index contributed by atoms with van der Waals surface area (Å²) in [7, 11) is 0. The van der Waals surface area contributed by atoms with Crippen LogP contribution in [0.25, 0.3) is 199 Å². The van der Waals surface area contributed by atoms with Crippen molar-refractivity contribution in [3.05, 3.63) is 541 Å². The van der Waals surface area contributed by atoms with E-state index in [0.717, 1.165) is 32.1 Å². The summed E-state index contributed by atoms with van der Waals surface area (Å²) in [6.07, 6.45) is 5.10. The Labute approximate surface area is 853 Å². The third-order valence-corrected chi connectivity index (χ3v) is 28.9. The highest BCUT2D eigenvalue weighted by Gasteiger charge is 2.29. The van der Waals surface area contributed by atoms with Gasteiger partial charge in [-0.25, -0.2) is 0 Å². The molecule has 30 rings (SSSR count). The molecular weight excluding hydrogens is 1750 g/mol. The van der Waals surface area contributed by atoms with Crippen LogP contribution < -0.4 is 0 Å². The Morgan fingerprint density at radius 2 is 0.352 bits per heavy atom. The molecular formula is C141H120N4. The summed E-state index contributed by atoms with van der Waals surface area (Å²) >= 11 is 0. The molecule has 4 heteroatoms. The van der Waals surface area contributed by atoms with Gasteiger partial charge in [0.05, 0.1) is 55.5 Å². The topological polar surface area (TPSA) is 19.7 Å². The van der Waals surface area contributed by atoms with Crippen molar-refractivity contribution in [3.8, 4) is 112 Å². The summed E-state index contributed by atoms with van der Waals surface area (Å²) < 4.78 is 9.67. The van der Waals surface area contributed by atoms with Crippen molar-refractivity contribution in [3.63, 3.8) is 0 Å². The van der Waals surface area contributed by atoms with Crippen molar-refractivity contribution in [2.24, 2.45) is 0 Å². The predicted molar refractivity (Wildman–Crippen MR) is 624 cm³/mol. The monoisotopic (exact) mass is 1870 g/mol. The lowest BCUT2D eigenvalue weighted by atomic mass is 9.93. The van der Waals surface area contributed by atoms with Crippen molar-refractivity contribution < 1.29 is 0 Å². The summed E-state index contributed by atoms with van der Waals surface area (Å²) in [5.74, 6) is 0. The summed E-state index contributed by atoms with van der Waals surface area (Å²) in [6.45, 7) is 20.0. The van der Waals surface area contributed by atoms with Crippen LogP contribution in [0, 0.1) is 0 Å². The van der Waals surface area contributed by atoms with E-state index in [1.54, 1.807) is 0 Å². The fourth-order valence-corrected chi connectivity index (χ4v) is 22.7. The second-order valence-corrected chi connectivity index (χ2v) is 36.3. The van der Waals surface area contributed by atoms with Crippen molar-refractivity contribution >= 4 is 87.2 Å². The average molecular weight is 1870 g/mol. The van der Waals surface area contributed by atoms with Crippen LogP contribution in [0.4, 0.5) is 0 Å². The Kier molecular flexibility index (Phi) is 27.5. The first kappa shape index (κ1) is 94.1. The second kappa shape index (κ2) is 42.3. The van der Waals surface area contributed by atoms with Gasteiger partial charge >= 0.3 is 0 Å². The van der Waals surface area contributed by atoms with Gasteiger partial charge in [0, 0.05) is 67.3 Å². The second-order valence-electron chi connectivity index (χ2n) is 36.3. The molecule has 0 radical (unpaired) electrons. The molecule has 21 aromatic carbocycles. The van der Waals surface area contributed by atoms with Crippen LogP contribution in [0.15, 0.2) is 485 Å². The normalized spacial score (nSPS) is 11.7. The number of fused-ring (bicyclic) bond motifs is 27. The molecule has 0 N–H and O–H groups in total. The minimum Gasteiger partial charge on any atom is -0.309 e. The lowest BCUT2D eigenvalue weighted by Crippen LogP contribution is -1.98. The molecule has 0 fully saturated rings. The molecule has 0 atom stereocenters. The average Bonchev–Trinajstić information content (AvgIpc) is 2.08. The van der Waals surface area contributed by atoms with Crippen molar-refractivity contribution in [2.45, 2.75) is 101 Å². The van der Waals surface area contributed by atoms with Crippen LogP contribution in [-0.4, -0.2) is 18.3 Å². The fourth-order valence-electron chi connectivity index (χ4n) is 22.7. The zero-order chi connectivity index (χ0) is 99.0. The minimum absolute atomic E-state index is 1.00. The largest absolute Gasteiger partial charge is 0.309 e. The third kappa shape index (κ3) is 17.3. The van der Waals surface area contributed by atoms with Gasteiger partial charge < -0.3 is 18.3 Å². The summed E-state index contributed by atoms with van der Waals surface area (Å²) in [5, 5.41) is 10.5. The Balaban J connectivity index is 0.000000104. The van der Waals surface area contributed by atoms with Crippen LogP contribution in [-0.2, 0) is 32.1 Å². The van der Waals surface area contributed by atoms with E-state index in [4.69, 9.17) is 0 Å². The first-order valence-corrected chi connectivity index (χ1v) is 52.2. The molecule has 145 heavy (non-hydrogen) atoms. The van der Waals surface area contributed by atoms with Gasteiger partial charge in [0.15, 0.2) is 0 Å². The van der Waals surface area contributed by atoms with E-state index in [9.17, 15) is 0 Å². The van der Waals surface area contributed by atoms with Gasteiger partial charge in [-0.3, -0.25) is 0 Å². The highest BCUT2D eigenvalue weighted by Crippen LogP contribution is 2.49. The predicted octanol–water partition coefficient (Wildman–Crippen LogP) is 38.8. The molecule has 704 valence electrons. The highest BCUT2D eigenvalue weighted by atomic mass is 15.0. The standard InChI is InChI=1S/C31H22.4C25H17N.5C2H6/c1-2-8-22(9-3-1)23-16-18-24(19-17-23)25-11-6-12-26(20-25)29-14-7-15-30-28-13-5-4-10-27(28)21-31(29)30;2*1-2-9-18-17(8-1)16-22-19(18)12-7-15-25(22)26-23-13-5-3-10-20(23)21-11-4-6-14-24(21)26;2*1-2-8-20-17(7-1)15-18-13-14-19(16-23(18)20)26-24-11-5-3-9-21(24)22-10-4-6-12-25(22)26;5*1-2/h1-20H,21H2;2*1-15H,16H2;2*1-14,16H,15H2;5*1-2H3. The third-order valence-electron chi connectivity index (χ3n) is 28.9. The molecule has 4 nitrogen and oxygen atoms in total. The van der Waals surface area contributed by atoms with Crippen molar-refractivity contribution in [2.75, 3.05) is 0 Å². The van der Waals surface area contributed by atoms with Crippen LogP contribution in [0.1, 0.15) is 125 Å². The van der Waals surface area contributed by atoms with E-state index >= 15 is 0 Å². The molecule has 4 aromatic heterocycles. The van der Waals surface area contributed by atoms with Gasteiger partial charge in [-0.1, -0.05) is 464 Å². The molecule has 0 saturated heterocycles. The number of para-hydroxylation sites is 8. The smallest absolute Gasteiger partial charge is 0.0541 e. The molecule has 25 aromatic rings. The maximum atomic E-state index is 2.44. The Hall–Kier alpha value is -17.2. The zero-order valence-electron chi connectivity index (χ0n) is 84.5. The van der Waals surface area contributed by atoms with E-state index in [2.05, 4.69) is 504 Å². The molecule has 5 aliphatic carbocycles. The lowest BCUT2D eigenvalue weighted by molar-refractivity contribution is 1.12. The Morgan fingerprint density at radius 3 is 0.697 bits per heavy atom. The van der Waals surface area contributed by atoms with Crippen LogP contribution in [0.5, 0.6) is 0 Å². The molecule has 0 saturated carbocycles. The molecule has 0 unspecified atom stereocenters. The summed E-state index contributed by atoms with van der Waals surface area (Å²) in [4.78, 5) is 0. The maximum Gasteiger partial charge on any atom is 0.0541 e. The number of nitrogens with zero attached hydrogens (tertiary/aromatic N) is 4. The zero-order valence-corrected chi connectivity index (χ0v) is 84.5. The first-order chi connectivity index (χ1) is 72.0. The first-order valence-electron chi connectivity index (χ1n) is 52.2. The molecule has 5 aliphatic rings. The fraction of sp³-hybridized carbons (Fsp3) is 0.106. The number of hydrogen-bond donors (Lipinski definition) is 0. The van der Waals surface area contributed by atoms with E-state index in [-0.39, 0.29) is 0 Å².